The number of hydrogen-bond donors (Lipinski definition) is 2. The van der Waals surface area contributed by atoms with Gasteiger partial charge in [-0.15, -0.1) is 0 Å². The Labute approximate surface area is 118 Å². The van der Waals surface area contributed by atoms with E-state index in [2.05, 4.69) is 5.32 Å². The van der Waals surface area contributed by atoms with Gasteiger partial charge in [0.2, 0.25) is 0 Å². The Bertz CT molecular complexity index is 436. The predicted molar refractivity (Wildman–Crippen MR) is 74.4 cm³/mol. The monoisotopic (exact) mass is 283 g/mol. The lowest BCUT2D eigenvalue weighted by Crippen LogP contribution is -2.34. The third-order valence-electron chi connectivity index (χ3n) is 2.58. The molecule has 0 saturated heterocycles. The molecule has 2 N–H and O–H groups in total. The highest BCUT2D eigenvalue weighted by molar-refractivity contribution is 5.94. The van der Waals surface area contributed by atoms with Gasteiger partial charge >= 0.3 is 0 Å². The van der Waals surface area contributed by atoms with E-state index in [9.17, 15) is 9.90 Å². The summed E-state index contributed by atoms with van der Waals surface area (Å²) in [4.78, 5) is 12.0. The van der Waals surface area contributed by atoms with E-state index in [1.165, 1.54) is 7.11 Å². The molecule has 1 aromatic rings. The summed E-state index contributed by atoms with van der Waals surface area (Å²) in [6, 6.07) is 4.92. The van der Waals surface area contributed by atoms with Crippen molar-refractivity contribution in [1.82, 2.24) is 5.32 Å². The molecule has 0 aromatic heterocycles. The molecular weight excluding hydrogens is 262 g/mol. The van der Waals surface area contributed by atoms with Crippen molar-refractivity contribution < 1.29 is 24.1 Å². The Morgan fingerprint density at radius 2 is 2.10 bits per heavy atom. The normalized spacial score (nSPS) is 11.8. The van der Waals surface area contributed by atoms with Crippen LogP contribution in [0.5, 0.6) is 11.5 Å². The number of aliphatic hydroxyl groups is 1. The van der Waals surface area contributed by atoms with Crippen molar-refractivity contribution >= 4 is 5.91 Å². The van der Waals surface area contributed by atoms with E-state index in [1.54, 1.807) is 25.3 Å². The van der Waals surface area contributed by atoms with Crippen LogP contribution in [0, 0.1) is 0 Å². The summed E-state index contributed by atoms with van der Waals surface area (Å²) in [5.74, 6) is 0.798. The molecule has 1 unspecified atom stereocenters. The number of carbonyl (C=O) groups is 1. The van der Waals surface area contributed by atoms with Crippen molar-refractivity contribution in [2.75, 3.05) is 34.0 Å². The number of hydrogen-bond acceptors (Lipinski definition) is 5. The molecule has 0 saturated carbocycles. The lowest BCUT2D eigenvalue weighted by Gasteiger charge is -2.13. The first-order valence-electron chi connectivity index (χ1n) is 6.38. The number of aliphatic hydroxyl groups excluding tert-OH is 1. The van der Waals surface area contributed by atoms with Crippen LogP contribution in [0.2, 0.25) is 0 Å². The first-order chi connectivity index (χ1) is 9.62. The van der Waals surface area contributed by atoms with Gasteiger partial charge in [-0.2, -0.15) is 0 Å². The van der Waals surface area contributed by atoms with Gasteiger partial charge in [-0.1, -0.05) is 0 Å². The molecule has 20 heavy (non-hydrogen) atoms. The average Bonchev–Trinajstić information content (AvgIpc) is 2.45. The van der Waals surface area contributed by atoms with Gasteiger partial charge in [0.05, 0.1) is 26.4 Å². The molecule has 1 aromatic carbocycles. The van der Waals surface area contributed by atoms with Crippen molar-refractivity contribution in [1.29, 1.82) is 0 Å². The van der Waals surface area contributed by atoms with Gasteiger partial charge in [0, 0.05) is 19.2 Å². The molecule has 1 atom stereocenters. The molecule has 0 aliphatic rings. The second kappa shape index (κ2) is 8.39. The number of ether oxygens (including phenoxy) is 3. The maximum atomic E-state index is 12.0. The van der Waals surface area contributed by atoms with Gasteiger partial charge in [0.15, 0.2) is 11.5 Å². The highest BCUT2D eigenvalue weighted by Gasteiger charge is 2.12. The molecule has 1 rings (SSSR count). The van der Waals surface area contributed by atoms with E-state index < -0.39 is 6.10 Å². The Morgan fingerprint density at radius 1 is 1.35 bits per heavy atom. The minimum atomic E-state index is -0.728. The number of amides is 1. The summed E-state index contributed by atoms with van der Waals surface area (Å²) in [7, 11) is 3.03. The maximum Gasteiger partial charge on any atom is 0.251 e. The van der Waals surface area contributed by atoms with Crippen molar-refractivity contribution in [3.05, 3.63) is 23.8 Å². The van der Waals surface area contributed by atoms with Crippen LogP contribution in [0.1, 0.15) is 17.3 Å². The van der Waals surface area contributed by atoms with Crippen LogP contribution < -0.4 is 14.8 Å². The van der Waals surface area contributed by atoms with E-state index in [-0.39, 0.29) is 19.1 Å². The standard InChI is InChI=1S/C14H21NO5/c1-4-20-13-7-10(5-6-12(13)19-3)14(17)15-8-11(16)9-18-2/h5-7,11,16H,4,8-9H2,1-3H3,(H,15,17). The zero-order chi connectivity index (χ0) is 15.0. The van der Waals surface area contributed by atoms with Crippen molar-refractivity contribution in [3.8, 4) is 11.5 Å². The van der Waals surface area contributed by atoms with Crippen LogP contribution in [-0.2, 0) is 4.74 Å². The fourth-order valence-electron chi connectivity index (χ4n) is 1.65. The fraction of sp³-hybridized carbons (Fsp3) is 0.500. The van der Waals surface area contributed by atoms with Gasteiger partial charge < -0.3 is 24.6 Å². The summed E-state index contributed by atoms with van der Waals surface area (Å²) in [5.41, 5.74) is 0.443. The third-order valence-corrected chi connectivity index (χ3v) is 2.58. The topological polar surface area (TPSA) is 77.0 Å². The summed E-state index contributed by atoms with van der Waals surface area (Å²) in [6.45, 7) is 2.64. The number of carbonyl (C=O) groups excluding carboxylic acids is 1. The van der Waals surface area contributed by atoms with Gasteiger partial charge in [-0.05, 0) is 25.1 Å². The Kier molecular flexibility index (Phi) is 6.83. The van der Waals surface area contributed by atoms with Gasteiger partial charge in [0.25, 0.3) is 5.91 Å². The molecule has 6 nitrogen and oxygen atoms in total. The first-order valence-corrected chi connectivity index (χ1v) is 6.38. The minimum Gasteiger partial charge on any atom is -0.493 e. The Morgan fingerprint density at radius 3 is 2.70 bits per heavy atom. The summed E-state index contributed by atoms with van der Waals surface area (Å²) in [5, 5.41) is 12.1. The molecule has 0 fully saturated rings. The van der Waals surface area contributed by atoms with E-state index in [4.69, 9.17) is 14.2 Å². The summed E-state index contributed by atoms with van der Waals surface area (Å²) >= 11 is 0. The molecule has 112 valence electrons. The molecular formula is C14H21NO5. The predicted octanol–water partition coefficient (Wildman–Crippen LogP) is 0.831. The highest BCUT2D eigenvalue weighted by Crippen LogP contribution is 2.27. The molecule has 6 heteroatoms. The second-order valence-electron chi connectivity index (χ2n) is 4.12. The highest BCUT2D eigenvalue weighted by atomic mass is 16.5. The number of benzene rings is 1. The van der Waals surface area contributed by atoms with Crippen molar-refractivity contribution in [3.63, 3.8) is 0 Å². The lowest BCUT2D eigenvalue weighted by atomic mass is 10.2. The van der Waals surface area contributed by atoms with E-state index in [1.807, 2.05) is 6.92 Å². The summed E-state index contributed by atoms with van der Waals surface area (Å²) in [6.07, 6.45) is -0.728. The van der Waals surface area contributed by atoms with Crippen LogP contribution in [0.25, 0.3) is 0 Å². The van der Waals surface area contributed by atoms with Crippen LogP contribution in [0.4, 0.5) is 0 Å². The number of methoxy groups -OCH3 is 2. The minimum absolute atomic E-state index is 0.128. The SMILES string of the molecule is CCOc1cc(C(=O)NCC(O)COC)ccc1OC. The summed E-state index contributed by atoms with van der Waals surface area (Å²) < 4.78 is 15.3. The zero-order valence-corrected chi connectivity index (χ0v) is 12.0. The largest absolute Gasteiger partial charge is 0.493 e. The number of rotatable bonds is 8. The third kappa shape index (κ3) is 4.71. The molecule has 0 radical (unpaired) electrons. The van der Waals surface area contributed by atoms with E-state index in [0.29, 0.717) is 23.7 Å². The Hall–Kier alpha value is -1.79. The van der Waals surface area contributed by atoms with E-state index in [0.717, 1.165) is 0 Å². The van der Waals surface area contributed by atoms with Gasteiger partial charge in [-0.25, -0.2) is 0 Å². The maximum absolute atomic E-state index is 12.0. The van der Waals surface area contributed by atoms with Gasteiger partial charge in [0.1, 0.15) is 0 Å². The Balaban J connectivity index is 2.70. The van der Waals surface area contributed by atoms with Gasteiger partial charge in [-0.3, -0.25) is 4.79 Å². The molecule has 0 bridgehead atoms. The number of nitrogens with one attached hydrogen (secondary N) is 1. The second-order valence-corrected chi connectivity index (χ2v) is 4.12. The lowest BCUT2D eigenvalue weighted by molar-refractivity contribution is 0.0609. The molecule has 0 heterocycles. The van der Waals surface area contributed by atoms with Crippen molar-refractivity contribution in [2.24, 2.45) is 0 Å². The van der Waals surface area contributed by atoms with Crippen LogP contribution in [0.15, 0.2) is 18.2 Å². The first kappa shape index (κ1) is 16.3. The quantitative estimate of drug-likeness (QED) is 0.739. The zero-order valence-electron chi connectivity index (χ0n) is 12.0. The van der Waals surface area contributed by atoms with E-state index >= 15 is 0 Å². The molecule has 0 aliphatic carbocycles. The molecule has 1 amide bonds. The smallest absolute Gasteiger partial charge is 0.251 e. The van der Waals surface area contributed by atoms with Crippen LogP contribution in [0.3, 0.4) is 0 Å². The van der Waals surface area contributed by atoms with Crippen LogP contribution >= 0.6 is 0 Å². The average molecular weight is 283 g/mol. The molecule has 0 spiro atoms. The molecule has 0 aliphatic heterocycles. The van der Waals surface area contributed by atoms with Crippen molar-refractivity contribution in [2.45, 2.75) is 13.0 Å². The van der Waals surface area contributed by atoms with Crippen LogP contribution in [-0.4, -0.2) is 51.1 Å². The fourth-order valence-corrected chi connectivity index (χ4v) is 1.65.